The van der Waals surface area contributed by atoms with E-state index in [0.29, 0.717) is 29.5 Å². The maximum absolute atomic E-state index is 12.7. The minimum absolute atomic E-state index is 0.0685. The molecule has 1 aromatic heterocycles. The molecule has 0 radical (unpaired) electrons. The Morgan fingerprint density at radius 3 is 2.58 bits per heavy atom. The van der Waals surface area contributed by atoms with Crippen molar-refractivity contribution >= 4 is 11.5 Å². The molecule has 0 saturated heterocycles. The third-order valence-corrected chi connectivity index (χ3v) is 10.4. The van der Waals surface area contributed by atoms with E-state index >= 15 is 0 Å². The van der Waals surface area contributed by atoms with E-state index in [-0.39, 0.29) is 21.4 Å². The standard InChI is InChI=1S/C27H33N3O3/c1-16-21-15-27(3)17(4-9-20-22-10-11-25(31)26(22,2)13-12-23(20)27)14-24(21)28-29(16)18-5-7-19(8-6-18)30(32)33/h5-8,17,20,22-23H,4,9-15H2,1-3H3/t17-,20-,22-,23-,26-,27-/m0/s1. The Balaban J connectivity index is 1.33. The number of carbonyl (C=O) groups is 1. The number of nitro groups is 1. The SMILES string of the molecule is Cc1c2c(nn1-c1ccc([N+](=O)[O-])cc1)C[C@@H]1CC[C@@H]3[C@H](CC[C@]4(C)C(=O)CC[C@@H]34)[C@@]1(C)C2. The molecule has 0 aliphatic heterocycles. The molecule has 6 rings (SSSR count). The minimum Gasteiger partial charge on any atom is -0.299 e. The lowest BCUT2D eigenvalue weighted by molar-refractivity contribution is -0.384. The number of nitro benzene ring substituents is 1. The predicted molar refractivity (Wildman–Crippen MR) is 125 cm³/mol. The molecule has 6 heteroatoms. The molecule has 2 aromatic rings. The third kappa shape index (κ3) is 2.85. The molecular formula is C27H33N3O3. The molecule has 4 aliphatic rings. The topological polar surface area (TPSA) is 78.0 Å². The second kappa shape index (κ2) is 7.00. The van der Waals surface area contributed by atoms with E-state index in [1.54, 1.807) is 24.3 Å². The first-order chi connectivity index (χ1) is 15.7. The van der Waals surface area contributed by atoms with Crippen LogP contribution in [0, 0.1) is 51.5 Å². The van der Waals surface area contributed by atoms with Gasteiger partial charge in [0.25, 0.3) is 5.69 Å². The second-order valence-electron chi connectivity index (χ2n) is 11.7. The van der Waals surface area contributed by atoms with Crippen molar-refractivity contribution < 1.29 is 9.72 Å². The average Bonchev–Trinajstić information content (AvgIpc) is 3.28. The van der Waals surface area contributed by atoms with Crippen LogP contribution in [0.5, 0.6) is 0 Å². The monoisotopic (exact) mass is 447 g/mol. The van der Waals surface area contributed by atoms with Crippen molar-refractivity contribution in [2.24, 2.45) is 34.5 Å². The first-order valence-corrected chi connectivity index (χ1v) is 12.6. The number of benzene rings is 1. The fraction of sp³-hybridized carbons (Fsp3) is 0.630. The number of aromatic nitrogens is 2. The van der Waals surface area contributed by atoms with Crippen molar-refractivity contribution in [1.29, 1.82) is 0 Å². The number of nitrogens with zero attached hydrogens (tertiary/aromatic N) is 3. The van der Waals surface area contributed by atoms with E-state index in [9.17, 15) is 14.9 Å². The number of fused-ring (bicyclic) bond motifs is 6. The lowest BCUT2D eigenvalue weighted by Crippen LogP contribution is -2.54. The van der Waals surface area contributed by atoms with Crippen LogP contribution in [0.15, 0.2) is 24.3 Å². The van der Waals surface area contributed by atoms with Crippen molar-refractivity contribution in [2.75, 3.05) is 0 Å². The Kier molecular flexibility index (Phi) is 4.47. The number of rotatable bonds is 2. The molecule has 4 aliphatic carbocycles. The van der Waals surface area contributed by atoms with Crippen LogP contribution in [0.3, 0.4) is 0 Å². The highest BCUT2D eigenvalue weighted by atomic mass is 16.6. The molecule has 6 nitrogen and oxygen atoms in total. The summed E-state index contributed by atoms with van der Waals surface area (Å²) in [5.74, 6) is 3.11. The second-order valence-corrected chi connectivity index (χ2v) is 11.7. The van der Waals surface area contributed by atoms with Gasteiger partial charge in [-0.1, -0.05) is 13.8 Å². The van der Waals surface area contributed by atoms with Gasteiger partial charge in [0.05, 0.1) is 16.3 Å². The van der Waals surface area contributed by atoms with Crippen molar-refractivity contribution in [1.82, 2.24) is 9.78 Å². The highest BCUT2D eigenvalue weighted by Crippen LogP contribution is 2.64. The Labute approximate surface area is 194 Å². The van der Waals surface area contributed by atoms with Crippen LogP contribution < -0.4 is 0 Å². The molecule has 3 fully saturated rings. The number of hydrogen-bond donors (Lipinski definition) is 0. The Hall–Kier alpha value is -2.50. The normalized spacial score (nSPS) is 37.1. The molecule has 3 saturated carbocycles. The molecule has 1 aromatic carbocycles. The van der Waals surface area contributed by atoms with Gasteiger partial charge in [-0.2, -0.15) is 5.10 Å². The van der Waals surface area contributed by atoms with Gasteiger partial charge in [-0.3, -0.25) is 14.9 Å². The number of ketones is 1. The number of hydrogen-bond acceptors (Lipinski definition) is 4. The number of non-ortho nitro benzene ring substituents is 1. The van der Waals surface area contributed by atoms with E-state index in [1.807, 2.05) is 4.68 Å². The quantitative estimate of drug-likeness (QED) is 0.442. The van der Waals surface area contributed by atoms with E-state index < -0.39 is 0 Å². The van der Waals surface area contributed by atoms with E-state index in [0.717, 1.165) is 43.5 Å². The largest absolute Gasteiger partial charge is 0.299 e. The summed E-state index contributed by atoms with van der Waals surface area (Å²) in [6.45, 7) is 6.93. The molecule has 33 heavy (non-hydrogen) atoms. The Bertz CT molecular complexity index is 1150. The van der Waals surface area contributed by atoms with Crippen molar-refractivity contribution in [3.63, 3.8) is 0 Å². The zero-order chi connectivity index (χ0) is 23.1. The fourth-order valence-corrected chi connectivity index (χ4v) is 8.48. The first kappa shape index (κ1) is 21.1. The molecule has 0 bridgehead atoms. The van der Waals surface area contributed by atoms with Gasteiger partial charge in [-0.05, 0) is 98.7 Å². The summed E-state index contributed by atoms with van der Waals surface area (Å²) in [6.07, 6.45) is 8.71. The smallest absolute Gasteiger partial charge is 0.269 e. The van der Waals surface area contributed by atoms with Gasteiger partial charge in [0.1, 0.15) is 5.78 Å². The molecule has 0 spiro atoms. The van der Waals surface area contributed by atoms with Gasteiger partial charge in [0.2, 0.25) is 0 Å². The number of carbonyl (C=O) groups excluding carboxylic acids is 1. The minimum atomic E-state index is -0.361. The Morgan fingerprint density at radius 2 is 1.85 bits per heavy atom. The summed E-state index contributed by atoms with van der Waals surface area (Å²) < 4.78 is 1.99. The summed E-state index contributed by atoms with van der Waals surface area (Å²) in [5, 5.41) is 16.0. The van der Waals surface area contributed by atoms with Gasteiger partial charge in [0, 0.05) is 29.7 Å². The molecule has 6 atom stereocenters. The predicted octanol–water partition coefficient (Wildman–Crippen LogP) is 5.62. The zero-order valence-corrected chi connectivity index (χ0v) is 19.8. The van der Waals surface area contributed by atoms with Crippen LogP contribution in [-0.4, -0.2) is 20.5 Å². The van der Waals surface area contributed by atoms with Gasteiger partial charge >= 0.3 is 0 Å². The molecule has 1 heterocycles. The summed E-state index contributed by atoms with van der Waals surface area (Å²) in [7, 11) is 0. The van der Waals surface area contributed by atoms with E-state index in [4.69, 9.17) is 5.10 Å². The van der Waals surface area contributed by atoms with Crippen LogP contribution in [-0.2, 0) is 17.6 Å². The lowest BCUT2D eigenvalue weighted by Gasteiger charge is -2.59. The molecule has 0 unspecified atom stereocenters. The Morgan fingerprint density at radius 1 is 1.09 bits per heavy atom. The zero-order valence-electron chi connectivity index (χ0n) is 19.8. The van der Waals surface area contributed by atoms with Crippen LogP contribution in [0.25, 0.3) is 5.69 Å². The van der Waals surface area contributed by atoms with Gasteiger partial charge < -0.3 is 0 Å². The highest BCUT2D eigenvalue weighted by Gasteiger charge is 2.60. The van der Waals surface area contributed by atoms with E-state index in [1.165, 1.54) is 30.5 Å². The number of Topliss-reactive ketones (excluding diaryl/α,β-unsaturated/α-hetero) is 1. The van der Waals surface area contributed by atoms with Crippen molar-refractivity contribution in [3.05, 3.63) is 51.3 Å². The molecule has 0 N–H and O–H groups in total. The van der Waals surface area contributed by atoms with Crippen LogP contribution in [0.2, 0.25) is 0 Å². The average molecular weight is 448 g/mol. The van der Waals surface area contributed by atoms with Crippen molar-refractivity contribution in [3.8, 4) is 5.69 Å². The summed E-state index contributed by atoms with van der Waals surface area (Å²) >= 11 is 0. The first-order valence-electron chi connectivity index (χ1n) is 12.6. The van der Waals surface area contributed by atoms with Gasteiger partial charge in [-0.15, -0.1) is 0 Å². The highest BCUT2D eigenvalue weighted by molar-refractivity contribution is 5.87. The van der Waals surface area contributed by atoms with Crippen LogP contribution in [0.1, 0.15) is 69.3 Å². The third-order valence-electron chi connectivity index (χ3n) is 10.4. The molecule has 0 amide bonds. The van der Waals surface area contributed by atoms with Gasteiger partial charge in [-0.25, -0.2) is 4.68 Å². The van der Waals surface area contributed by atoms with Crippen molar-refractivity contribution in [2.45, 2.75) is 72.1 Å². The van der Waals surface area contributed by atoms with E-state index in [2.05, 4.69) is 20.8 Å². The van der Waals surface area contributed by atoms with Crippen LogP contribution in [0.4, 0.5) is 5.69 Å². The summed E-state index contributed by atoms with van der Waals surface area (Å²) in [6, 6.07) is 6.72. The maximum atomic E-state index is 12.7. The fourth-order valence-electron chi connectivity index (χ4n) is 8.48. The maximum Gasteiger partial charge on any atom is 0.269 e. The van der Waals surface area contributed by atoms with Crippen LogP contribution >= 0.6 is 0 Å². The lowest BCUT2D eigenvalue weighted by atomic mass is 9.45. The summed E-state index contributed by atoms with van der Waals surface area (Å²) in [5.41, 5.74) is 4.94. The summed E-state index contributed by atoms with van der Waals surface area (Å²) in [4.78, 5) is 23.4. The molecular weight excluding hydrogens is 414 g/mol. The molecule has 174 valence electrons. The van der Waals surface area contributed by atoms with Gasteiger partial charge in [0.15, 0.2) is 0 Å².